The molecule has 1 fully saturated rings. The van der Waals surface area contributed by atoms with E-state index in [0.717, 1.165) is 11.1 Å². The van der Waals surface area contributed by atoms with Crippen LogP contribution in [0, 0.1) is 5.82 Å². The molecule has 8 heteroatoms. The zero-order chi connectivity index (χ0) is 21.3. The minimum Gasteiger partial charge on any atom is -0.441 e. The second kappa shape index (κ2) is 8.62. The molecule has 2 amide bonds. The topological polar surface area (TPSA) is 75.9 Å². The summed E-state index contributed by atoms with van der Waals surface area (Å²) in [6.07, 6.45) is 0.310. The maximum absolute atomic E-state index is 13.9. The van der Waals surface area contributed by atoms with Gasteiger partial charge in [-0.3, -0.25) is 9.69 Å². The molecule has 2 aromatic carbocycles. The molecule has 0 aromatic heterocycles. The molecular weight excluding hydrogens is 409 g/mol. The van der Waals surface area contributed by atoms with E-state index in [0.29, 0.717) is 49.6 Å². The van der Waals surface area contributed by atoms with E-state index in [1.807, 2.05) is 11.0 Å². The first kappa shape index (κ1) is 20.6. The fourth-order valence-corrected chi connectivity index (χ4v) is 4.38. The maximum atomic E-state index is 13.9. The van der Waals surface area contributed by atoms with Crippen LogP contribution >= 0.6 is 11.6 Å². The van der Waals surface area contributed by atoms with E-state index in [2.05, 4.69) is 0 Å². The summed E-state index contributed by atoms with van der Waals surface area (Å²) in [5, 5.41) is 0.586. The van der Waals surface area contributed by atoms with Crippen LogP contribution < -0.4 is 5.73 Å². The number of nitrogens with zero attached hydrogens (tertiary/aromatic N) is 2. The van der Waals surface area contributed by atoms with Gasteiger partial charge in [0.25, 0.3) is 0 Å². The number of halogens is 2. The smallest absolute Gasteiger partial charge is 0.410 e. The summed E-state index contributed by atoms with van der Waals surface area (Å²) in [5.41, 5.74) is 7.80. The molecule has 0 bridgehead atoms. The normalized spacial score (nSPS) is 19.9. The number of amides is 2. The number of carbonyl (C=O) groups is 2. The molecule has 0 saturated carbocycles. The van der Waals surface area contributed by atoms with Crippen LogP contribution in [0.15, 0.2) is 42.5 Å². The largest absolute Gasteiger partial charge is 0.441 e. The number of fused-ring (bicyclic) bond motifs is 1. The van der Waals surface area contributed by atoms with Crippen LogP contribution in [0.1, 0.15) is 35.3 Å². The minimum absolute atomic E-state index is 0.251. The molecule has 4 rings (SSSR count). The van der Waals surface area contributed by atoms with Crippen LogP contribution in [0.2, 0.25) is 5.02 Å². The van der Waals surface area contributed by atoms with Crippen LogP contribution in [-0.4, -0.2) is 48.0 Å². The number of rotatable bonds is 4. The van der Waals surface area contributed by atoms with Gasteiger partial charge in [0.15, 0.2) is 0 Å². The van der Waals surface area contributed by atoms with E-state index in [1.165, 1.54) is 6.07 Å². The van der Waals surface area contributed by atoms with Crippen molar-refractivity contribution in [2.45, 2.75) is 25.0 Å². The Labute approximate surface area is 179 Å². The van der Waals surface area contributed by atoms with Crippen LogP contribution in [0.4, 0.5) is 9.18 Å². The summed E-state index contributed by atoms with van der Waals surface area (Å²) in [5.74, 6) is -0.697. The van der Waals surface area contributed by atoms with Gasteiger partial charge >= 0.3 is 6.09 Å². The summed E-state index contributed by atoms with van der Waals surface area (Å²) < 4.78 is 19.6. The van der Waals surface area contributed by atoms with Gasteiger partial charge < -0.3 is 15.4 Å². The lowest BCUT2D eigenvalue weighted by atomic mass is 10.0. The van der Waals surface area contributed by atoms with Gasteiger partial charge in [0, 0.05) is 31.2 Å². The average Bonchev–Trinajstić information content (AvgIpc) is 3.14. The number of nitrogens with two attached hydrogens (primary N) is 1. The predicted octanol–water partition coefficient (Wildman–Crippen LogP) is 3.45. The standard InChI is InChI=1S/C22H23ClFN3O3/c23-15-6-4-14(5-7-15)20(21(25)28)26-10-12-27(13-11-26)22(29)30-19-9-8-16-17(19)2-1-3-18(16)24/h1-7,19-20H,8-13H2,(H2,25,28)/t19-,20?/m1/s1. The Morgan fingerprint density at radius 1 is 1.10 bits per heavy atom. The number of ether oxygens (including phenoxy) is 1. The van der Waals surface area contributed by atoms with Gasteiger partial charge in [-0.2, -0.15) is 0 Å². The highest BCUT2D eigenvalue weighted by molar-refractivity contribution is 6.30. The van der Waals surface area contributed by atoms with Crippen molar-refractivity contribution < 1.29 is 18.7 Å². The molecule has 1 saturated heterocycles. The Kier molecular flexibility index (Phi) is 5.92. The monoisotopic (exact) mass is 431 g/mol. The summed E-state index contributed by atoms with van der Waals surface area (Å²) in [7, 11) is 0. The molecule has 1 aliphatic heterocycles. The highest BCUT2D eigenvalue weighted by Crippen LogP contribution is 2.36. The molecule has 30 heavy (non-hydrogen) atoms. The Bertz CT molecular complexity index is 945. The summed E-state index contributed by atoms with van der Waals surface area (Å²) in [6.45, 7) is 1.81. The molecule has 6 nitrogen and oxygen atoms in total. The number of piperazine rings is 1. The van der Waals surface area contributed by atoms with Crippen molar-refractivity contribution in [2.24, 2.45) is 5.73 Å². The first-order valence-corrected chi connectivity index (χ1v) is 10.3. The zero-order valence-corrected chi connectivity index (χ0v) is 17.1. The van der Waals surface area contributed by atoms with Crippen molar-refractivity contribution in [1.29, 1.82) is 0 Å². The van der Waals surface area contributed by atoms with Crippen molar-refractivity contribution in [1.82, 2.24) is 9.80 Å². The number of hydrogen-bond donors (Lipinski definition) is 1. The quantitative estimate of drug-likeness (QED) is 0.804. The summed E-state index contributed by atoms with van der Waals surface area (Å²) in [4.78, 5) is 28.3. The Balaban J connectivity index is 1.37. The first-order valence-electron chi connectivity index (χ1n) is 9.95. The Morgan fingerprint density at radius 3 is 2.47 bits per heavy atom. The van der Waals surface area contributed by atoms with Crippen LogP contribution in [-0.2, 0) is 16.0 Å². The first-order chi connectivity index (χ1) is 14.4. The highest BCUT2D eigenvalue weighted by Gasteiger charge is 2.33. The molecule has 158 valence electrons. The molecule has 1 aliphatic carbocycles. The van der Waals surface area contributed by atoms with Gasteiger partial charge in [-0.05, 0) is 47.7 Å². The molecule has 0 spiro atoms. The molecule has 1 heterocycles. The van der Waals surface area contributed by atoms with Gasteiger partial charge in [0.05, 0.1) is 0 Å². The predicted molar refractivity (Wildman–Crippen MR) is 110 cm³/mol. The summed E-state index contributed by atoms with van der Waals surface area (Å²) >= 11 is 5.94. The molecule has 2 N–H and O–H groups in total. The second-order valence-corrected chi connectivity index (χ2v) is 8.03. The van der Waals surface area contributed by atoms with Crippen molar-refractivity contribution in [3.8, 4) is 0 Å². The Morgan fingerprint density at radius 2 is 1.80 bits per heavy atom. The fourth-order valence-electron chi connectivity index (χ4n) is 4.25. The fraction of sp³-hybridized carbons (Fsp3) is 0.364. The van der Waals surface area contributed by atoms with Crippen molar-refractivity contribution in [3.05, 3.63) is 70.0 Å². The van der Waals surface area contributed by atoms with E-state index in [9.17, 15) is 14.0 Å². The third-order valence-corrected chi connectivity index (χ3v) is 6.05. The molecule has 0 radical (unpaired) electrons. The zero-order valence-electron chi connectivity index (χ0n) is 16.4. The van der Waals surface area contributed by atoms with Gasteiger partial charge in [-0.1, -0.05) is 35.9 Å². The average molecular weight is 432 g/mol. The van der Waals surface area contributed by atoms with Crippen molar-refractivity contribution in [2.75, 3.05) is 26.2 Å². The number of primary amides is 1. The van der Waals surface area contributed by atoms with E-state index in [4.69, 9.17) is 22.1 Å². The van der Waals surface area contributed by atoms with E-state index < -0.39 is 24.1 Å². The van der Waals surface area contributed by atoms with Crippen LogP contribution in [0.25, 0.3) is 0 Å². The minimum atomic E-state index is -0.579. The molecule has 2 aliphatic rings. The van der Waals surface area contributed by atoms with E-state index in [1.54, 1.807) is 35.2 Å². The van der Waals surface area contributed by atoms with E-state index in [-0.39, 0.29) is 5.82 Å². The number of benzene rings is 2. The van der Waals surface area contributed by atoms with Crippen molar-refractivity contribution >= 4 is 23.6 Å². The van der Waals surface area contributed by atoms with Gasteiger partial charge in [-0.15, -0.1) is 0 Å². The number of carbonyl (C=O) groups excluding carboxylic acids is 2. The molecule has 2 atom stereocenters. The molecular formula is C22H23ClFN3O3. The van der Waals surface area contributed by atoms with Crippen LogP contribution in [0.5, 0.6) is 0 Å². The second-order valence-electron chi connectivity index (χ2n) is 7.60. The Hall–Kier alpha value is -2.64. The lowest BCUT2D eigenvalue weighted by Crippen LogP contribution is -2.52. The number of hydrogen-bond acceptors (Lipinski definition) is 4. The molecule has 1 unspecified atom stereocenters. The summed E-state index contributed by atoms with van der Waals surface area (Å²) in [6, 6.07) is 11.3. The van der Waals surface area contributed by atoms with Crippen LogP contribution in [0.3, 0.4) is 0 Å². The third kappa shape index (κ3) is 4.13. The lowest BCUT2D eigenvalue weighted by Gasteiger charge is -2.38. The lowest BCUT2D eigenvalue weighted by molar-refractivity contribution is -0.124. The SMILES string of the molecule is NC(=O)C(c1ccc(Cl)cc1)N1CCN(C(=O)O[C@@H]2CCc3c(F)cccc32)CC1. The highest BCUT2D eigenvalue weighted by atomic mass is 35.5. The third-order valence-electron chi connectivity index (χ3n) is 5.79. The van der Waals surface area contributed by atoms with Crippen molar-refractivity contribution in [3.63, 3.8) is 0 Å². The van der Waals surface area contributed by atoms with E-state index >= 15 is 0 Å². The molecule has 2 aromatic rings. The van der Waals surface area contributed by atoms with Gasteiger partial charge in [-0.25, -0.2) is 9.18 Å². The maximum Gasteiger partial charge on any atom is 0.410 e. The van der Waals surface area contributed by atoms with Gasteiger partial charge in [0.1, 0.15) is 18.0 Å². The van der Waals surface area contributed by atoms with Gasteiger partial charge in [0.2, 0.25) is 5.91 Å².